The van der Waals surface area contributed by atoms with Crippen molar-refractivity contribution in [1.82, 2.24) is 18.3 Å². The van der Waals surface area contributed by atoms with Gasteiger partial charge in [-0.25, -0.2) is 16.8 Å². The molecule has 0 atom stereocenters. The van der Waals surface area contributed by atoms with Crippen molar-refractivity contribution in [1.29, 1.82) is 21.6 Å². The minimum atomic E-state index is -3.37. The van der Waals surface area contributed by atoms with Crippen molar-refractivity contribution in [2.45, 2.75) is 71.6 Å². The minimum Gasteiger partial charge on any atom is -0.378 e. The van der Waals surface area contributed by atoms with Crippen LogP contribution < -0.4 is 38.3 Å². The van der Waals surface area contributed by atoms with Crippen molar-refractivity contribution >= 4 is 154 Å². The summed E-state index contributed by atoms with van der Waals surface area (Å²) in [6.07, 6.45) is 8.47. The van der Waals surface area contributed by atoms with E-state index in [-0.39, 0.29) is 140 Å². The van der Waals surface area contributed by atoms with E-state index in [1.165, 1.54) is 95.4 Å². The smallest absolute Gasteiger partial charge is 0.252 e. The number of Topliss-reactive ketones (excluding diaryl/α,β-unsaturated/α-hetero) is 3. The van der Waals surface area contributed by atoms with Gasteiger partial charge in [-0.3, -0.25) is 45.6 Å². The maximum atomic E-state index is 11.7. The second-order valence-electron chi connectivity index (χ2n) is 20.7. The number of halogens is 8. The molecule has 9 rings (SSSR count). The number of sulfone groups is 2. The number of nitrogens with zero attached hydrogens (tertiary/aromatic N) is 5. The normalized spacial score (nSPS) is 11.5. The molecule has 0 spiro atoms. The number of hydrogen-bond donors (Lipinski definition) is 6. The highest BCUT2D eigenvalue weighted by Crippen LogP contribution is 2.24. The van der Waals surface area contributed by atoms with Gasteiger partial charge in [0.25, 0.3) is 5.91 Å². The average Bonchev–Trinajstić information content (AvgIpc) is 0.837. The Bertz CT molecular complexity index is 4670. The van der Waals surface area contributed by atoms with Crippen LogP contribution >= 0.6 is 99.0 Å². The van der Waals surface area contributed by atoms with Crippen molar-refractivity contribution < 1.29 is 45.5 Å². The molecule has 0 bridgehead atoms. The van der Waals surface area contributed by atoms with Crippen LogP contribution in [0.2, 0.25) is 30.1 Å². The van der Waals surface area contributed by atoms with Gasteiger partial charge in [0.1, 0.15) is 22.0 Å². The summed E-state index contributed by atoms with van der Waals surface area (Å²) in [4.78, 5) is 60.0. The maximum absolute atomic E-state index is 11.7. The van der Waals surface area contributed by atoms with Crippen molar-refractivity contribution in [3.8, 4) is 0 Å². The summed E-state index contributed by atoms with van der Waals surface area (Å²) in [5, 5.41) is 34.5. The van der Waals surface area contributed by atoms with E-state index in [0.717, 1.165) is 50.1 Å². The Balaban J connectivity index is 0.000000425. The Kier molecular flexibility index (Phi) is 32.5. The number of nitrogens with two attached hydrogens (primary N) is 2. The van der Waals surface area contributed by atoms with Crippen molar-refractivity contribution in [3.05, 3.63) is 236 Å². The van der Waals surface area contributed by atoms with E-state index >= 15 is 0 Å². The number of carbonyl (C=O) groups excluding carboxylic acids is 5. The number of ether oxygens (including phenoxy) is 1. The van der Waals surface area contributed by atoms with Crippen molar-refractivity contribution in [3.63, 3.8) is 0 Å². The first kappa shape index (κ1) is 83.9. The van der Waals surface area contributed by atoms with Gasteiger partial charge in [-0.2, -0.15) is 0 Å². The third-order valence-corrected chi connectivity index (χ3v) is 17.2. The van der Waals surface area contributed by atoms with Gasteiger partial charge in [0.15, 0.2) is 37.0 Å². The van der Waals surface area contributed by atoms with Crippen LogP contribution in [0.3, 0.4) is 0 Å². The van der Waals surface area contributed by atoms with Crippen LogP contribution in [0.25, 0.3) is 0 Å². The second kappa shape index (κ2) is 36.8. The fourth-order valence-electron chi connectivity index (χ4n) is 9.05. The number of anilines is 1. The molecular weight excluding hydrogens is 1470 g/mol. The molecule has 0 saturated carbocycles. The number of pyridine rings is 4. The van der Waals surface area contributed by atoms with Crippen LogP contribution in [0.4, 0.5) is 5.69 Å². The number of hydrogen-bond acceptors (Lipinski definition) is 15. The average molecular weight is 1550 g/mol. The van der Waals surface area contributed by atoms with Gasteiger partial charge in [0.2, 0.25) is 5.91 Å². The topological polar surface area (TPSA) is 333 Å². The largest absolute Gasteiger partial charge is 0.378 e. The number of benzene rings is 4. The zero-order valence-electron chi connectivity index (χ0n) is 50.2. The van der Waals surface area contributed by atoms with E-state index in [1.54, 1.807) is 53.4 Å². The van der Waals surface area contributed by atoms with Gasteiger partial charge in [0.05, 0.1) is 71.9 Å². The van der Waals surface area contributed by atoms with Crippen LogP contribution in [0.5, 0.6) is 0 Å². The lowest BCUT2D eigenvalue weighted by atomic mass is 10.1. The Morgan fingerprint density at radius 3 is 1.28 bits per heavy atom. The molecule has 4 aromatic heterocycles. The molecule has 8 aromatic rings. The quantitative estimate of drug-likeness (QED) is 0.0494. The summed E-state index contributed by atoms with van der Waals surface area (Å²) in [7, 11) is -6.66. The lowest BCUT2D eigenvalue weighted by molar-refractivity contribution is 0.0990. The number of rotatable bonds is 16. The number of aromatic nitrogens is 4. The molecule has 1 aliphatic rings. The predicted molar refractivity (Wildman–Crippen MR) is 381 cm³/mol. The summed E-state index contributed by atoms with van der Waals surface area (Å²) in [6, 6.07) is 29.5. The molecular formula is C64H71BrCl7N11O10S2. The summed E-state index contributed by atoms with van der Waals surface area (Å²) >= 11 is 36.1. The molecule has 95 heavy (non-hydrogen) atoms. The molecule has 5 heterocycles. The van der Waals surface area contributed by atoms with E-state index in [9.17, 15) is 40.8 Å². The monoisotopic (exact) mass is 1540 g/mol. The van der Waals surface area contributed by atoms with Gasteiger partial charge in [-0.1, -0.05) is 109 Å². The first-order valence-corrected chi connectivity index (χ1v) is 33.0. The molecule has 31 heteroatoms. The summed E-state index contributed by atoms with van der Waals surface area (Å²) in [5.41, 5.74) is 15.7. The van der Waals surface area contributed by atoms with Crippen LogP contribution in [0, 0.1) is 21.6 Å². The number of primary amides is 2. The Labute approximate surface area is 597 Å². The van der Waals surface area contributed by atoms with Gasteiger partial charge in [-0.15, -0.1) is 29.4 Å². The van der Waals surface area contributed by atoms with Crippen molar-refractivity contribution in [2.24, 2.45) is 11.5 Å². The summed E-state index contributed by atoms with van der Waals surface area (Å²) in [5.74, 6) is -2.03. The molecule has 510 valence electrons. The van der Waals surface area contributed by atoms with Crippen LogP contribution in [-0.4, -0.2) is 103 Å². The molecule has 0 unspecified atom stereocenters. The Hall–Kier alpha value is -7.20. The number of nitrogens with one attached hydrogen (secondary N) is 4. The van der Waals surface area contributed by atoms with E-state index in [1.807, 2.05) is 12.1 Å². The number of amides is 2. The highest BCUT2D eigenvalue weighted by atomic mass is 79.9. The molecule has 21 nitrogen and oxygen atoms in total. The van der Waals surface area contributed by atoms with Gasteiger partial charge < -0.3 is 39.4 Å². The highest BCUT2D eigenvalue weighted by Gasteiger charge is 2.17. The first-order valence-electron chi connectivity index (χ1n) is 27.0. The van der Waals surface area contributed by atoms with Crippen LogP contribution in [0.1, 0.15) is 110 Å². The maximum Gasteiger partial charge on any atom is 0.252 e. The lowest BCUT2D eigenvalue weighted by Crippen LogP contribution is -2.36. The molecule has 2 amide bonds. The van der Waals surface area contributed by atoms with E-state index < -0.39 is 31.5 Å². The lowest BCUT2D eigenvalue weighted by Gasteiger charge is -2.29. The Morgan fingerprint density at radius 2 is 0.863 bits per heavy atom. The third-order valence-electron chi connectivity index (χ3n) is 13.5. The Morgan fingerprint density at radius 1 is 0.474 bits per heavy atom. The van der Waals surface area contributed by atoms with Gasteiger partial charge in [0, 0.05) is 91.3 Å². The molecule has 8 N–H and O–H groups in total. The molecule has 0 radical (unpaired) electrons. The number of ketones is 3. The molecule has 0 aliphatic carbocycles. The summed E-state index contributed by atoms with van der Waals surface area (Å²) in [6.45, 7) is 8.48. The highest BCUT2D eigenvalue weighted by molar-refractivity contribution is 8.93. The number of carbonyl (C=O) groups is 5. The van der Waals surface area contributed by atoms with E-state index in [0.29, 0.717) is 53.9 Å². The van der Waals surface area contributed by atoms with Crippen LogP contribution in [0.15, 0.2) is 144 Å². The molecule has 1 aliphatic heterocycles. The minimum absolute atomic E-state index is 0. The standard InChI is InChI=1S/C18H20ClN3O2.C15H14Cl2N2O3S.C15H15ClN2O3S.C14H12Cl2N4O2.2CH4.BrH.ClH/c1-13(23)17-10-15(19)12-22(18(17)20)11-14-3-2-4-16(9-14)21-5-7-24-8-6-21;1-9(20)13-6-11(16)8-19(15(13)18)7-10-5-12(23(2,21)22)3-4-14(10)17;1-10(19)14-7-12(16)9-18(15(14)17)8-11-4-3-5-13(6-11)22(2,20)21;15-9-2-7(1-8(3-9)13(18)21)5-20-6-10(16)4-11(12(20)17)14(19)22;;;;/h2-4,9-10,12,20H,5-8,11H2,1H3;3-6,8,18H,7H2,1-2H3;3-7,9,17H,8H2,1-2H3;1-4,6,17H,5H2,(H2,18,21)(H2,19,22);2*1H4;2*1H. The zero-order valence-corrected chi connectivity index (χ0v) is 58.9. The first-order chi connectivity index (χ1) is 42.6. The zero-order chi connectivity index (χ0) is 67.4. The molecule has 1 saturated heterocycles. The predicted octanol–water partition coefficient (Wildman–Crippen LogP) is 11.7. The van der Waals surface area contributed by atoms with Gasteiger partial charge in [-0.05, 0) is 128 Å². The van der Waals surface area contributed by atoms with E-state index in [2.05, 4.69) is 17.0 Å². The van der Waals surface area contributed by atoms with Crippen LogP contribution in [-0.2, 0) is 50.6 Å². The third kappa shape index (κ3) is 23.8. The molecule has 1 fully saturated rings. The van der Waals surface area contributed by atoms with Crippen molar-refractivity contribution in [2.75, 3.05) is 43.7 Å². The van der Waals surface area contributed by atoms with E-state index in [4.69, 9.17) is 107 Å². The number of morpholine rings is 1. The molecule has 4 aromatic carbocycles. The fourth-order valence-corrected chi connectivity index (χ4v) is 11.8. The second-order valence-corrected chi connectivity index (χ2v) is 27.3. The summed E-state index contributed by atoms with van der Waals surface area (Å²) < 4.78 is 58.0. The van der Waals surface area contributed by atoms with Gasteiger partial charge >= 0.3 is 0 Å². The fraction of sp³-hybridized carbons (Fsp3) is 0.234. The SMILES string of the molecule is Br.C.C.CC(=O)c1cc(Cl)cn(Cc2cc(S(C)(=O)=O)ccc2Cl)c1=N.CC(=O)c1cc(Cl)cn(Cc2cccc(N3CCOCC3)c2)c1=N.CC(=O)c1cc(Cl)cn(Cc2cccc(S(C)(=O)=O)c2)c1=N.Cl.N=c1c(C(N)=O)cc(Cl)cn1Cc1cc(Cl)cc(C(N)=O)c1.